The van der Waals surface area contributed by atoms with Crippen molar-refractivity contribution in [1.29, 1.82) is 0 Å². The van der Waals surface area contributed by atoms with E-state index in [9.17, 15) is 9.59 Å². The Labute approximate surface area is 161 Å². The van der Waals surface area contributed by atoms with Gasteiger partial charge in [-0.15, -0.1) is 0 Å². The van der Waals surface area contributed by atoms with Gasteiger partial charge in [0.1, 0.15) is 12.6 Å². The van der Waals surface area contributed by atoms with Gasteiger partial charge >= 0.3 is 6.03 Å². The molecule has 0 saturated carbocycles. The van der Waals surface area contributed by atoms with Crippen LogP contribution in [0.3, 0.4) is 0 Å². The van der Waals surface area contributed by atoms with Crippen molar-refractivity contribution in [2.24, 2.45) is 0 Å². The molecule has 3 aromatic rings. The summed E-state index contributed by atoms with van der Waals surface area (Å²) in [7, 11) is 1.64. The van der Waals surface area contributed by atoms with Crippen molar-refractivity contribution in [3.63, 3.8) is 0 Å². The number of rotatable bonds is 3. The maximum Gasteiger partial charge on any atom is 0.342 e. The molecule has 28 heavy (non-hydrogen) atoms. The van der Waals surface area contributed by atoms with Crippen molar-refractivity contribution in [3.8, 4) is 5.75 Å². The standard InChI is InChI=1S/C20H19N5O3/c1-24-17-7-8-21-11-18(17)28-13-16(19(24)26)23-20(27)25-12-15(10-22-25)9-14-5-3-2-4-6-14/h2-8,10-12,16H,9,13H2,1H3,(H,23,27)/t16-/m0/s1. The molecule has 3 heterocycles. The van der Waals surface area contributed by atoms with E-state index in [0.29, 0.717) is 17.9 Å². The fourth-order valence-electron chi connectivity index (χ4n) is 3.07. The molecule has 1 atom stereocenters. The van der Waals surface area contributed by atoms with Gasteiger partial charge in [0, 0.05) is 25.9 Å². The summed E-state index contributed by atoms with van der Waals surface area (Å²) < 4.78 is 6.85. The highest BCUT2D eigenvalue weighted by Gasteiger charge is 2.31. The van der Waals surface area contributed by atoms with E-state index in [1.165, 1.54) is 9.58 Å². The molecule has 0 radical (unpaired) electrons. The van der Waals surface area contributed by atoms with Gasteiger partial charge in [0.15, 0.2) is 5.75 Å². The second kappa shape index (κ2) is 7.51. The van der Waals surface area contributed by atoms with Crippen LogP contribution in [-0.2, 0) is 11.2 Å². The van der Waals surface area contributed by atoms with Crippen molar-refractivity contribution in [2.75, 3.05) is 18.6 Å². The maximum absolute atomic E-state index is 12.7. The Balaban J connectivity index is 1.45. The molecule has 8 heteroatoms. The van der Waals surface area contributed by atoms with Crippen LogP contribution in [0.2, 0.25) is 0 Å². The van der Waals surface area contributed by atoms with E-state index in [-0.39, 0.29) is 12.5 Å². The number of hydrogen-bond donors (Lipinski definition) is 1. The fourth-order valence-corrected chi connectivity index (χ4v) is 3.07. The molecule has 1 aromatic carbocycles. The Hall–Kier alpha value is -3.68. The van der Waals surface area contributed by atoms with Crippen LogP contribution < -0.4 is 15.0 Å². The van der Waals surface area contributed by atoms with Gasteiger partial charge < -0.3 is 15.0 Å². The minimum Gasteiger partial charge on any atom is -0.487 e. The first kappa shape index (κ1) is 17.7. The number of anilines is 1. The lowest BCUT2D eigenvalue weighted by atomic mass is 10.1. The molecule has 1 aliphatic heterocycles. The number of ether oxygens (including phenoxy) is 1. The third-order valence-corrected chi connectivity index (χ3v) is 4.55. The van der Waals surface area contributed by atoms with Crippen molar-refractivity contribution in [3.05, 3.63) is 72.3 Å². The molecule has 0 fully saturated rings. The number of fused-ring (bicyclic) bond motifs is 1. The molecule has 142 valence electrons. The first-order valence-electron chi connectivity index (χ1n) is 8.84. The van der Waals surface area contributed by atoms with E-state index in [1.54, 1.807) is 37.9 Å². The van der Waals surface area contributed by atoms with Crippen molar-refractivity contribution in [1.82, 2.24) is 20.1 Å². The van der Waals surface area contributed by atoms with Gasteiger partial charge in [0.05, 0.1) is 18.1 Å². The molecular weight excluding hydrogens is 358 g/mol. The van der Waals surface area contributed by atoms with Gasteiger partial charge in [-0.3, -0.25) is 9.78 Å². The van der Waals surface area contributed by atoms with Gasteiger partial charge in [-0.2, -0.15) is 9.78 Å². The van der Waals surface area contributed by atoms with Gasteiger partial charge in [-0.25, -0.2) is 4.79 Å². The van der Waals surface area contributed by atoms with Crippen molar-refractivity contribution >= 4 is 17.6 Å². The van der Waals surface area contributed by atoms with Crippen LogP contribution >= 0.6 is 0 Å². The van der Waals surface area contributed by atoms with Crippen LogP contribution in [0.15, 0.2) is 61.2 Å². The van der Waals surface area contributed by atoms with Gasteiger partial charge in [0.2, 0.25) is 0 Å². The number of benzene rings is 1. The summed E-state index contributed by atoms with van der Waals surface area (Å²) in [6.07, 6.45) is 7.11. The highest BCUT2D eigenvalue weighted by atomic mass is 16.5. The van der Waals surface area contributed by atoms with E-state index < -0.39 is 12.1 Å². The normalized spacial score (nSPS) is 16.1. The van der Waals surface area contributed by atoms with Crippen LogP contribution in [0.1, 0.15) is 11.1 Å². The molecule has 8 nitrogen and oxygen atoms in total. The first-order valence-corrected chi connectivity index (χ1v) is 8.84. The summed E-state index contributed by atoms with van der Waals surface area (Å²) in [5.74, 6) is 0.231. The largest absolute Gasteiger partial charge is 0.487 e. The third-order valence-electron chi connectivity index (χ3n) is 4.55. The summed E-state index contributed by atoms with van der Waals surface area (Å²) in [6, 6.07) is 10.3. The zero-order valence-corrected chi connectivity index (χ0v) is 15.3. The van der Waals surface area contributed by atoms with Crippen molar-refractivity contribution in [2.45, 2.75) is 12.5 Å². The predicted octanol–water partition coefficient (Wildman–Crippen LogP) is 1.85. The zero-order valence-electron chi connectivity index (χ0n) is 15.3. The van der Waals surface area contributed by atoms with Gasteiger partial charge in [-0.05, 0) is 17.2 Å². The number of aromatic nitrogens is 3. The SMILES string of the molecule is CN1C(=O)[C@@H](NC(=O)n2cc(Cc3ccccc3)cn2)COc2cnccc21. The second-order valence-corrected chi connectivity index (χ2v) is 6.51. The summed E-state index contributed by atoms with van der Waals surface area (Å²) in [5.41, 5.74) is 2.64. The fraction of sp³-hybridized carbons (Fsp3) is 0.200. The van der Waals surface area contributed by atoms with Crippen LogP contribution in [0.5, 0.6) is 5.75 Å². The predicted molar refractivity (Wildman–Crippen MR) is 102 cm³/mol. The first-order chi connectivity index (χ1) is 13.6. The molecule has 0 bridgehead atoms. The smallest absolute Gasteiger partial charge is 0.342 e. The van der Waals surface area contributed by atoms with Crippen LogP contribution in [0, 0.1) is 0 Å². The number of nitrogens with one attached hydrogen (secondary N) is 1. The molecule has 2 amide bonds. The van der Waals surface area contributed by atoms with Crippen molar-refractivity contribution < 1.29 is 14.3 Å². The number of pyridine rings is 1. The molecule has 0 spiro atoms. The molecular formula is C20H19N5O3. The number of hydrogen-bond acceptors (Lipinski definition) is 5. The van der Waals surface area contributed by atoms with E-state index in [1.807, 2.05) is 30.3 Å². The van der Waals surface area contributed by atoms with Crippen LogP contribution in [0.25, 0.3) is 0 Å². The Kier molecular flexibility index (Phi) is 4.76. The minimum atomic E-state index is -0.827. The number of nitrogens with zero attached hydrogens (tertiary/aromatic N) is 4. The zero-order chi connectivity index (χ0) is 19.5. The van der Waals surface area contributed by atoms with Gasteiger partial charge in [0.25, 0.3) is 5.91 Å². The molecule has 1 N–H and O–H groups in total. The average Bonchev–Trinajstić information content (AvgIpc) is 3.15. The molecule has 0 unspecified atom stereocenters. The Morgan fingerprint density at radius 1 is 1.21 bits per heavy atom. The van der Waals surface area contributed by atoms with Gasteiger partial charge in [-0.1, -0.05) is 30.3 Å². The summed E-state index contributed by atoms with van der Waals surface area (Å²) in [6.45, 7) is 0.0196. The quantitative estimate of drug-likeness (QED) is 0.752. The second-order valence-electron chi connectivity index (χ2n) is 6.51. The number of carbonyl (C=O) groups is 2. The lowest BCUT2D eigenvalue weighted by Crippen LogP contribution is -2.50. The lowest BCUT2D eigenvalue weighted by Gasteiger charge is -2.20. The number of carbonyl (C=O) groups excluding carboxylic acids is 2. The molecule has 2 aromatic heterocycles. The molecule has 1 aliphatic rings. The van der Waals surface area contributed by atoms with E-state index in [0.717, 1.165) is 11.1 Å². The molecule has 4 rings (SSSR count). The van der Waals surface area contributed by atoms with E-state index >= 15 is 0 Å². The monoisotopic (exact) mass is 377 g/mol. The topological polar surface area (TPSA) is 89.4 Å². The lowest BCUT2D eigenvalue weighted by molar-refractivity contribution is -0.120. The third kappa shape index (κ3) is 3.57. The maximum atomic E-state index is 12.7. The number of likely N-dealkylation sites (N-methyl/N-ethyl adjacent to an activating group) is 1. The Bertz CT molecular complexity index is 1000. The number of amides is 2. The van der Waals surface area contributed by atoms with Crippen LogP contribution in [-0.4, -0.2) is 46.4 Å². The van der Waals surface area contributed by atoms with Crippen LogP contribution in [0.4, 0.5) is 10.5 Å². The summed E-state index contributed by atoms with van der Waals surface area (Å²) in [4.78, 5) is 30.7. The molecule has 0 aliphatic carbocycles. The highest BCUT2D eigenvalue weighted by Crippen LogP contribution is 2.28. The molecule has 0 saturated heterocycles. The summed E-state index contributed by atoms with van der Waals surface area (Å²) in [5, 5.41) is 6.81. The van der Waals surface area contributed by atoms with E-state index in [4.69, 9.17) is 4.74 Å². The Morgan fingerprint density at radius 3 is 2.86 bits per heavy atom. The average molecular weight is 377 g/mol. The Morgan fingerprint density at radius 2 is 2.04 bits per heavy atom. The highest BCUT2D eigenvalue weighted by molar-refractivity contribution is 6.00. The minimum absolute atomic E-state index is 0.0196. The van der Waals surface area contributed by atoms with E-state index in [2.05, 4.69) is 15.4 Å². The summed E-state index contributed by atoms with van der Waals surface area (Å²) >= 11 is 0.